The van der Waals surface area contributed by atoms with Crippen LogP contribution in [0.2, 0.25) is 0 Å². The maximum atomic E-state index is 12.7. The molecule has 5 nitrogen and oxygen atoms in total. The van der Waals surface area contributed by atoms with Gasteiger partial charge in [0, 0.05) is 12.3 Å². The first kappa shape index (κ1) is 18.1. The summed E-state index contributed by atoms with van der Waals surface area (Å²) >= 11 is 1.43. The summed E-state index contributed by atoms with van der Waals surface area (Å²) in [7, 11) is 0. The summed E-state index contributed by atoms with van der Waals surface area (Å²) in [6, 6.07) is 16.9. The molecule has 140 valence electrons. The summed E-state index contributed by atoms with van der Waals surface area (Å²) in [5.74, 6) is -0.283. The summed E-state index contributed by atoms with van der Waals surface area (Å²) in [6.45, 7) is 4.45. The van der Waals surface area contributed by atoms with Crippen LogP contribution >= 0.6 is 11.3 Å². The number of hydrogen-bond donors (Lipinski definition) is 1. The number of anilines is 1. The SMILES string of the molecule is Cc1ccc2nc(NC(=O)c3ccc(=O)n(Cc4ccccc4C)c3)sc2c1. The largest absolute Gasteiger partial charge is 0.310 e. The second-order valence-corrected chi connectivity index (χ2v) is 7.79. The average Bonchev–Trinajstić information content (AvgIpc) is 3.06. The monoisotopic (exact) mass is 389 g/mol. The molecule has 4 aromatic rings. The molecule has 0 fully saturated rings. The Bertz CT molecular complexity index is 1240. The molecule has 0 bridgehead atoms. The molecule has 6 heteroatoms. The van der Waals surface area contributed by atoms with E-state index in [1.807, 2.05) is 56.3 Å². The fourth-order valence-corrected chi connectivity index (χ4v) is 3.97. The van der Waals surface area contributed by atoms with Crippen LogP contribution in [0.1, 0.15) is 27.0 Å². The van der Waals surface area contributed by atoms with Gasteiger partial charge in [-0.3, -0.25) is 14.9 Å². The lowest BCUT2D eigenvalue weighted by Gasteiger charge is -2.10. The molecule has 0 spiro atoms. The van der Waals surface area contributed by atoms with Gasteiger partial charge in [0.2, 0.25) is 0 Å². The van der Waals surface area contributed by atoms with Crippen molar-refractivity contribution in [2.75, 3.05) is 5.32 Å². The third-order valence-electron chi connectivity index (χ3n) is 4.61. The van der Waals surface area contributed by atoms with Gasteiger partial charge in [0.15, 0.2) is 5.13 Å². The molecule has 0 aliphatic carbocycles. The van der Waals surface area contributed by atoms with E-state index >= 15 is 0 Å². The van der Waals surface area contributed by atoms with Gasteiger partial charge in [-0.25, -0.2) is 4.98 Å². The molecule has 0 saturated heterocycles. The summed E-state index contributed by atoms with van der Waals surface area (Å²) in [5.41, 5.74) is 4.43. The predicted molar refractivity (Wildman–Crippen MR) is 113 cm³/mol. The molecular formula is C22H19N3O2S. The normalized spacial score (nSPS) is 10.9. The summed E-state index contributed by atoms with van der Waals surface area (Å²) in [4.78, 5) is 29.4. The lowest BCUT2D eigenvalue weighted by Crippen LogP contribution is -2.22. The van der Waals surface area contributed by atoms with Gasteiger partial charge in [-0.05, 0) is 48.7 Å². The van der Waals surface area contributed by atoms with Crippen LogP contribution in [0.5, 0.6) is 0 Å². The summed E-state index contributed by atoms with van der Waals surface area (Å²) in [5, 5.41) is 3.39. The first-order chi connectivity index (χ1) is 13.5. The van der Waals surface area contributed by atoms with E-state index in [9.17, 15) is 9.59 Å². The Hall–Kier alpha value is -3.25. The molecule has 0 aliphatic heterocycles. The smallest absolute Gasteiger partial charge is 0.258 e. The topological polar surface area (TPSA) is 64.0 Å². The quantitative estimate of drug-likeness (QED) is 0.563. The molecule has 0 atom stereocenters. The number of thiazole rings is 1. The minimum Gasteiger partial charge on any atom is -0.310 e. The van der Waals surface area contributed by atoms with E-state index < -0.39 is 0 Å². The van der Waals surface area contributed by atoms with Crippen LogP contribution in [-0.4, -0.2) is 15.5 Å². The van der Waals surface area contributed by atoms with Crippen molar-refractivity contribution in [2.45, 2.75) is 20.4 Å². The van der Waals surface area contributed by atoms with Crippen molar-refractivity contribution < 1.29 is 4.79 Å². The highest BCUT2D eigenvalue weighted by atomic mass is 32.1. The van der Waals surface area contributed by atoms with Gasteiger partial charge in [0.25, 0.3) is 11.5 Å². The maximum absolute atomic E-state index is 12.7. The van der Waals surface area contributed by atoms with Gasteiger partial charge in [-0.2, -0.15) is 0 Å². The van der Waals surface area contributed by atoms with Crippen molar-refractivity contribution >= 4 is 32.6 Å². The molecular weight excluding hydrogens is 370 g/mol. The highest BCUT2D eigenvalue weighted by molar-refractivity contribution is 7.22. The van der Waals surface area contributed by atoms with Crippen molar-refractivity contribution in [1.82, 2.24) is 9.55 Å². The van der Waals surface area contributed by atoms with Crippen molar-refractivity contribution in [1.29, 1.82) is 0 Å². The molecule has 2 aromatic carbocycles. The number of hydrogen-bond acceptors (Lipinski definition) is 4. The van der Waals surface area contributed by atoms with Gasteiger partial charge in [-0.15, -0.1) is 0 Å². The van der Waals surface area contributed by atoms with E-state index in [0.717, 1.165) is 26.9 Å². The number of nitrogens with zero attached hydrogens (tertiary/aromatic N) is 2. The third kappa shape index (κ3) is 3.73. The second-order valence-electron chi connectivity index (χ2n) is 6.75. The molecule has 0 saturated carbocycles. The Morgan fingerprint density at radius 1 is 1.11 bits per heavy atom. The molecule has 4 rings (SSSR count). The fraction of sp³-hybridized carbons (Fsp3) is 0.136. The van der Waals surface area contributed by atoms with E-state index in [2.05, 4.69) is 10.3 Å². The van der Waals surface area contributed by atoms with Gasteiger partial charge in [-0.1, -0.05) is 41.7 Å². The Balaban J connectivity index is 1.58. The molecule has 1 amide bonds. The van der Waals surface area contributed by atoms with Crippen LogP contribution < -0.4 is 10.9 Å². The maximum Gasteiger partial charge on any atom is 0.258 e. The number of aromatic nitrogens is 2. The Morgan fingerprint density at radius 3 is 2.75 bits per heavy atom. The number of benzene rings is 2. The van der Waals surface area contributed by atoms with Crippen molar-refractivity contribution in [3.05, 3.63) is 93.4 Å². The molecule has 0 unspecified atom stereocenters. The Labute approximate surface area is 166 Å². The molecule has 0 aliphatic rings. The van der Waals surface area contributed by atoms with E-state index in [0.29, 0.717) is 17.2 Å². The van der Waals surface area contributed by atoms with E-state index in [1.54, 1.807) is 16.8 Å². The fourth-order valence-electron chi connectivity index (χ4n) is 3.01. The molecule has 2 heterocycles. The summed E-state index contributed by atoms with van der Waals surface area (Å²) < 4.78 is 2.58. The number of fused-ring (bicyclic) bond motifs is 1. The lowest BCUT2D eigenvalue weighted by molar-refractivity contribution is 0.102. The van der Waals surface area contributed by atoms with E-state index in [4.69, 9.17) is 0 Å². The van der Waals surface area contributed by atoms with E-state index in [-0.39, 0.29) is 11.5 Å². The van der Waals surface area contributed by atoms with Crippen molar-refractivity contribution in [2.24, 2.45) is 0 Å². The molecule has 1 N–H and O–H groups in total. The van der Waals surface area contributed by atoms with Crippen LogP contribution in [0.15, 0.2) is 65.6 Å². The average molecular weight is 389 g/mol. The number of aryl methyl sites for hydroxylation is 2. The minimum absolute atomic E-state index is 0.143. The van der Waals surface area contributed by atoms with Crippen LogP contribution in [0.4, 0.5) is 5.13 Å². The number of pyridine rings is 1. The van der Waals surface area contributed by atoms with Gasteiger partial charge in [0.1, 0.15) is 0 Å². The lowest BCUT2D eigenvalue weighted by atomic mass is 10.1. The number of rotatable bonds is 4. The van der Waals surface area contributed by atoms with Crippen LogP contribution in [0, 0.1) is 13.8 Å². The Morgan fingerprint density at radius 2 is 1.93 bits per heavy atom. The van der Waals surface area contributed by atoms with Gasteiger partial charge >= 0.3 is 0 Å². The first-order valence-corrected chi connectivity index (χ1v) is 9.75. The zero-order valence-electron chi connectivity index (χ0n) is 15.6. The molecule has 28 heavy (non-hydrogen) atoms. The summed E-state index contributed by atoms with van der Waals surface area (Å²) in [6.07, 6.45) is 1.60. The van der Waals surface area contributed by atoms with Gasteiger partial charge < -0.3 is 4.57 Å². The highest BCUT2D eigenvalue weighted by Crippen LogP contribution is 2.27. The number of carbonyl (C=O) groups excluding carboxylic acids is 1. The van der Waals surface area contributed by atoms with Crippen LogP contribution in [0.3, 0.4) is 0 Å². The van der Waals surface area contributed by atoms with Gasteiger partial charge in [0.05, 0.1) is 22.3 Å². The number of amides is 1. The second kappa shape index (κ2) is 7.40. The van der Waals surface area contributed by atoms with Crippen LogP contribution in [0.25, 0.3) is 10.2 Å². The van der Waals surface area contributed by atoms with Crippen LogP contribution in [-0.2, 0) is 6.54 Å². The zero-order chi connectivity index (χ0) is 19.7. The number of carbonyl (C=O) groups is 1. The molecule has 0 radical (unpaired) electrons. The molecule has 2 aromatic heterocycles. The number of nitrogens with one attached hydrogen (secondary N) is 1. The standard InChI is InChI=1S/C22H19N3O2S/c1-14-7-9-18-19(11-14)28-22(23-18)24-21(27)17-8-10-20(26)25(13-17)12-16-6-4-3-5-15(16)2/h3-11,13H,12H2,1-2H3,(H,23,24,27). The Kier molecular flexibility index (Phi) is 4.79. The van der Waals surface area contributed by atoms with E-state index in [1.165, 1.54) is 17.4 Å². The van der Waals surface area contributed by atoms with Crippen molar-refractivity contribution in [3.8, 4) is 0 Å². The minimum atomic E-state index is -0.283. The zero-order valence-corrected chi connectivity index (χ0v) is 16.4. The third-order valence-corrected chi connectivity index (χ3v) is 5.55. The first-order valence-electron chi connectivity index (χ1n) is 8.93. The highest BCUT2D eigenvalue weighted by Gasteiger charge is 2.12. The predicted octanol–water partition coefficient (Wildman–Crippen LogP) is 4.38. The van der Waals surface area contributed by atoms with Crippen molar-refractivity contribution in [3.63, 3.8) is 0 Å².